The normalized spacial score (nSPS) is 11.9. The number of aromatic nitrogens is 1. The maximum absolute atomic E-state index is 12.7. The van der Waals surface area contributed by atoms with Crippen molar-refractivity contribution >= 4 is 17.4 Å². The fourth-order valence-corrected chi connectivity index (χ4v) is 3.17. The molecule has 3 aromatic rings. The van der Waals surface area contributed by atoms with Crippen molar-refractivity contribution < 1.29 is 4.79 Å². The van der Waals surface area contributed by atoms with Gasteiger partial charge in [-0.05, 0) is 30.1 Å². The summed E-state index contributed by atoms with van der Waals surface area (Å²) in [6, 6.07) is 21.8. The molecule has 0 N–H and O–H groups in total. The van der Waals surface area contributed by atoms with E-state index in [1.807, 2.05) is 80.7 Å². The van der Waals surface area contributed by atoms with Gasteiger partial charge in [-0.1, -0.05) is 60.7 Å². The Hall–Kier alpha value is -2.46. The molecule has 0 saturated heterocycles. The van der Waals surface area contributed by atoms with Crippen molar-refractivity contribution in [1.29, 1.82) is 0 Å². The van der Waals surface area contributed by atoms with E-state index < -0.39 is 0 Å². The van der Waals surface area contributed by atoms with Gasteiger partial charge in [-0.15, -0.1) is 0 Å². The van der Waals surface area contributed by atoms with E-state index in [2.05, 4.69) is 4.37 Å². The zero-order valence-corrected chi connectivity index (χ0v) is 14.0. The molecule has 0 fully saturated rings. The van der Waals surface area contributed by atoms with Crippen LogP contribution in [0.3, 0.4) is 0 Å². The molecule has 3 rings (SSSR count). The van der Waals surface area contributed by atoms with Gasteiger partial charge in [-0.25, -0.2) is 0 Å². The first-order valence-corrected chi connectivity index (χ1v) is 8.28. The fourth-order valence-electron chi connectivity index (χ4n) is 2.43. The Bertz CT molecular complexity index is 783. The first-order valence-electron chi connectivity index (χ1n) is 7.51. The van der Waals surface area contributed by atoms with Crippen LogP contribution in [0.2, 0.25) is 0 Å². The lowest BCUT2D eigenvalue weighted by atomic mass is 10.1. The predicted molar refractivity (Wildman–Crippen MR) is 94.5 cm³/mol. The minimum absolute atomic E-state index is 0.000958. The minimum atomic E-state index is 0.000958. The zero-order chi connectivity index (χ0) is 16.2. The third kappa shape index (κ3) is 3.32. The topological polar surface area (TPSA) is 33.2 Å². The maximum Gasteiger partial charge on any atom is 0.265 e. The zero-order valence-electron chi connectivity index (χ0n) is 13.1. The van der Waals surface area contributed by atoms with Crippen LogP contribution in [0.4, 0.5) is 0 Å². The number of nitrogens with zero attached hydrogens (tertiary/aromatic N) is 2. The van der Waals surface area contributed by atoms with Gasteiger partial charge in [0.2, 0.25) is 0 Å². The van der Waals surface area contributed by atoms with E-state index in [9.17, 15) is 4.79 Å². The lowest BCUT2D eigenvalue weighted by Crippen LogP contribution is -2.29. The average molecular weight is 322 g/mol. The first-order chi connectivity index (χ1) is 11.2. The van der Waals surface area contributed by atoms with Gasteiger partial charge in [0.25, 0.3) is 5.91 Å². The molecule has 116 valence electrons. The Morgan fingerprint density at radius 2 is 1.65 bits per heavy atom. The van der Waals surface area contributed by atoms with Crippen LogP contribution in [0.25, 0.3) is 11.3 Å². The smallest absolute Gasteiger partial charge is 0.265 e. The molecule has 0 aliphatic heterocycles. The van der Waals surface area contributed by atoms with Crippen molar-refractivity contribution in [3.05, 3.63) is 77.2 Å². The van der Waals surface area contributed by atoms with Crippen LogP contribution in [0, 0.1) is 0 Å². The second-order valence-electron chi connectivity index (χ2n) is 5.45. The van der Waals surface area contributed by atoms with Gasteiger partial charge in [-0.3, -0.25) is 4.79 Å². The number of hydrogen-bond donors (Lipinski definition) is 0. The van der Waals surface area contributed by atoms with Crippen molar-refractivity contribution in [2.45, 2.75) is 13.0 Å². The second kappa shape index (κ2) is 6.75. The molecule has 0 aliphatic carbocycles. The number of rotatable bonds is 4. The Morgan fingerprint density at radius 1 is 1.04 bits per heavy atom. The largest absolute Gasteiger partial charge is 0.334 e. The molecule has 3 nitrogen and oxygen atoms in total. The number of hydrogen-bond acceptors (Lipinski definition) is 3. The van der Waals surface area contributed by atoms with Crippen molar-refractivity contribution in [3.8, 4) is 11.3 Å². The van der Waals surface area contributed by atoms with Gasteiger partial charge in [0, 0.05) is 12.6 Å². The van der Waals surface area contributed by atoms with Gasteiger partial charge in [-0.2, -0.15) is 4.37 Å². The molecule has 0 aliphatic rings. The summed E-state index contributed by atoms with van der Waals surface area (Å²) in [5.74, 6) is 0.000958. The van der Waals surface area contributed by atoms with Crippen molar-refractivity contribution in [2.75, 3.05) is 7.05 Å². The number of amides is 1. The van der Waals surface area contributed by atoms with Crippen LogP contribution in [0.1, 0.15) is 28.2 Å². The summed E-state index contributed by atoms with van der Waals surface area (Å²) in [6.45, 7) is 2.03. The highest BCUT2D eigenvalue weighted by atomic mass is 32.1. The molecule has 0 unspecified atom stereocenters. The number of benzene rings is 2. The van der Waals surface area contributed by atoms with Gasteiger partial charge in [0.15, 0.2) is 0 Å². The van der Waals surface area contributed by atoms with E-state index >= 15 is 0 Å². The van der Waals surface area contributed by atoms with E-state index in [4.69, 9.17) is 0 Å². The third-order valence-corrected chi connectivity index (χ3v) is 4.75. The standard InChI is InChI=1S/C19H18N2OS/c1-14(15-9-5-3-6-10-15)21(2)19(22)18-13-17(20-23-18)16-11-7-4-8-12-16/h3-14H,1-2H3/t14-/m1/s1. The summed E-state index contributed by atoms with van der Waals surface area (Å²) in [5, 5.41) is 0. The number of carbonyl (C=O) groups is 1. The summed E-state index contributed by atoms with van der Waals surface area (Å²) in [6.07, 6.45) is 0. The molecule has 0 saturated carbocycles. The van der Waals surface area contributed by atoms with E-state index in [0.29, 0.717) is 4.88 Å². The second-order valence-corrected chi connectivity index (χ2v) is 6.25. The highest BCUT2D eigenvalue weighted by molar-refractivity contribution is 7.08. The van der Waals surface area contributed by atoms with Crippen LogP contribution < -0.4 is 0 Å². The maximum atomic E-state index is 12.7. The van der Waals surface area contributed by atoms with Gasteiger partial charge >= 0.3 is 0 Å². The lowest BCUT2D eigenvalue weighted by molar-refractivity contribution is 0.0747. The van der Waals surface area contributed by atoms with Crippen LogP contribution in [0.15, 0.2) is 66.7 Å². The lowest BCUT2D eigenvalue weighted by Gasteiger charge is -2.24. The average Bonchev–Trinajstić information content (AvgIpc) is 3.11. The number of carbonyl (C=O) groups excluding carboxylic acids is 1. The molecule has 0 spiro atoms. The molecule has 23 heavy (non-hydrogen) atoms. The van der Waals surface area contributed by atoms with E-state index in [1.165, 1.54) is 11.5 Å². The molecular formula is C19H18N2OS. The Balaban J connectivity index is 1.79. The molecule has 1 atom stereocenters. The van der Waals surface area contributed by atoms with E-state index in [1.54, 1.807) is 4.90 Å². The van der Waals surface area contributed by atoms with Crippen LogP contribution >= 0.6 is 11.5 Å². The van der Waals surface area contributed by atoms with Crippen LogP contribution in [-0.2, 0) is 0 Å². The highest BCUT2D eigenvalue weighted by Gasteiger charge is 2.21. The molecule has 0 bridgehead atoms. The molecular weight excluding hydrogens is 304 g/mol. The fraction of sp³-hybridized carbons (Fsp3) is 0.158. The van der Waals surface area contributed by atoms with Crippen molar-refractivity contribution in [2.24, 2.45) is 0 Å². The Labute approximate surface area is 140 Å². The quantitative estimate of drug-likeness (QED) is 0.701. The van der Waals surface area contributed by atoms with Crippen LogP contribution in [-0.4, -0.2) is 22.2 Å². The Morgan fingerprint density at radius 3 is 2.30 bits per heavy atom. The van der Waals surface area contributed by atoms with Gasteiger partial charge < -0.3 is 4.90 Å². The summed E-state index contributed by atoms with van der Waals surface area (Å²) >= 11 is 1.25. The SMILES string of the molecule is C[C@H](c1ccccc1)N(C)C(=O)c1cc(-c2ccccc2)ns1. The predicted octanol–water partition coefficient (Wildman–Crippen LogP) is 4.64. The monoisotopic (exact) mass is 322 g/mol. The van der Waals surface area contributed by atoms with E-state index in [0.717, 1.165) is 16.8 Å². The van der Waals surface area contributed by atoms with Gasteiger partial charge in [0.05, 0.1) is 11.7 Å². The van der Waals surface area contributed by atoms with Crippen molar-refractivity contribution in [3.63, 3.8) is 0 Å². The first kappa shape index (κ1) is 15.4. The Kier molecular flexibility index (Phi) is 4.53. The van der Waals surface area contributed by atoms with E-state index in [-0.39, 0.29) is 11.9 Å². The molecule has 0 radical (unpaired) electrons. The minimum Gasteiger partial charge on any atom is -0.334 e. The summed E-state index contributed by atoms with van der Waals surface area (Å²) < 4.78 is 4.42. The molecule has 1 amide bonds. The van der Waals surface area contributed by atoms with Crippen molar-refractivity contribution in [1.82, 2.24) is 9.27 Å². The summed E-state index contributed by atoms with van der Waals surface area (Å²) in [5.41, 5.74) is 3.00. The molecule has 1 aromatic heterocycles. The molecule has 1 heterocycles. The summed E-state index contributed by atoms with van der Waals surface area (Å²) in [4.78, 5) is 15.1. The summed E-state index contributed by atoms with van der Waals surface area (Å²) in [7, 11) is 1.84. The molecule has 4 heteroatoms. The highest BCUT2D eigenvalue weighted by Crippen LogP contribution is 2.25. The molecule has 2 aromatic carbocycles. The van der Waals surface area contributed by atoms with Crippen LogP contribution in [0.5, 0.6) is 0 Å². The van der Waals surface area contributed by atoms with Gasteiger partial charge in [0.1, 0.15) is 4.88 Å². The third-order valence-electron chi connectivity index (χ3n) is 3.97.